The molecule has 34 heavy (non-hydrogen) atoms. The maximum Gasteiger partial charge on any atom is 0.320 e. The second-order valence-corrected chi connectivity index (χ2v) is 8.43. The molecule has 7 heteroatoms. The number of methoxy groups -OCH3 is 1. The number of hydrogen-bond acceptors (Lipinski definition) is 6. The van der Waals surface area contributed by atoms with Crippen LogP contribution in [0.25, 0.3) is 0 Å². The fraction of sp³-hybridized carbons (Fsp3) is 0.296. The van der Waals surface area contributed by atoms with Gasteiger partial charge in [-0.3, -0.25) is 9.69 Å². The largest absolute Gasteiger partial charge is 0.493 e. The minimum absolute atomic E-state index is 0.187. The van der Waals surface area contributed by atoms with Gasteiger partial charge in [0, 0.05) is 6.54 Å². The number of aliphatic carboxylic acids is 1. The monoisotopic (exact) mass is 461 g/mol. The molecule has 176 valence electrons. The first-order chi connectivity index (χ1) is 16.6. The van der Waals surface area contributed by atoms with Crippen molar-refractivity contribution >= 4 is 5.97 Å². The Kier molecular flexibility index (Phi) is 6.27. The molecular weight excluding hydrogens is 434 g/mol. The van der Waals surface area contributed by atoms with Gasteiger partial charge >= 0.3 is 5.97 Å². The quantitative estimate of drug-likeness (QED) is 0.524. The summed E-state index contributed by atoms with van der Waals surface area (Å²) in [6, 6.07) is 20.7. The lowest BCUT2D eigenvalue weighted by atomic mass is 9.95. The van der Waals surface area contributed by atoms with Gasteiger partial charge in [0.05, 0.1) is 13.2 Å². The molecule has 2 aliphatic heterocycles. The van der Waals surface area contributed by atoms with E-state index in [4.69, 9.17) is 18.9 Å². The van der Waals surface area contributed by atoms with Gasteiger partial charge in [0.2, 0.25) is 6.79 Å². The van der Waals surface area contributed by atoms with Crippen LogP contribution in [0.15, 0.2) is 66.7 Å². The summed E-state index contributed by atoms with van der Waals surface area (Å²) in [6.45, 7) is 1.30. The summed E-state index contributed by atoms with van der Waals surface area (Å²) >= 11 is 0. The van der Waals surface area contributed by atoms with Crippen molar-refractivity contribution in [2.45, 2.75) is 31.5 Å². The average molecular weight is 462 g/mol. The van der Waals surface area contributed by atoms with Crippen molar-refractivity contribution in [3.8, 4) is 23.0 Å². The van der Waals surface area contributed by atoms with E-state index in [0.717, 1.165) is 23.1 Å². The summed E-state index contributed by atoms with van der Waals surface area (Å²) in [7, 11) is 1.61. The lowest BCUT2D eigenvalue weighted by Gasteiger charge is -2.32. The standard InChI is InChI=1S/C27H27NO6/c1-31-24-14-19(9-11-22(24)32-16-18-6-3-2-4-7-18)26(28-13-5-8-21(28)27(29)30)20-10-12-23-25(15-20)34-17-33-23/h2-4,6-7,9-12,14-15,21,26H,5,8,13,16-17H2,1H3,(H,29,30). The number of fused-ring (bicyclic) bond motifs is 1. The first kappa shape index (κ1) is 22.1. The molecule has 1 fully saturated rings. The number of carboxylic acid groups (broad SMARTS) is 1. The number of rotatable bonds is 8. The SMILES string of the molecule is COc1cc(C(c2ccc3c(c2)OCO3)N2CCCC2C(=O)O)ccc1OCc1ccccc1. The zero-order valence-electron chi connectivity index (χ0n) is 19.0. The summed E-state index contributed by atoms with van der Waals surface area (Å²) in [6.07, 6.45) is 1.44. The predicted octanol–water partition coefficient (Wildman–Crippen LogP) is 4.64. The fourth-order valence-corrected chi connectivity index (χ4v) is 4.73. The number of nitrogens with zero attached hydrogens (tertiary/aromatic N) is 1. The van der Waals surface area contributed by atoms with Gasteiger partial charge in [-0.25, -0.2) is 0 Å². The van der Waals surface area contributed by atoms with E-state index in [1.54, 1.807) is 7.11 Å². The molecule has 1 saturated heterocycles. The van der Waals surface area contributed by atoms with E-state index in [0.29, 0.717) is 42.6 Å². The van der Waals surface area contributed by atoms with Crippen molar-refractivity contribution < 1.29 is 28.8 Å². The van der Waals surface area contributed by atoms with Gasteiger partial charge in [-0.1, -0.05) is 42.5 Å². The Morgan fingerprint density at radius 2 is 1.79 bits per heavy atom. The summed E-state index contributed by atoms with van der Waals surface area (Å²) in [4.78, 5) is 14.1. The molecule has 0 aromatic heterocycles. The molecule has 2 atom stereocenters. The fourth-order valence-electron chi connectivity index (χ4n) is 4.73. The van der Waals surface area contributed by atoms with E-state index in [-0.39, 0.29) is 12.8 Å². The summed E-state index contributed by atoms with van der Waals surface area (Å²) in [5, 5.41) is 9.87. The van der Waals surface area contributed by atoms with Crippen molar-refractivity contribution in [1.29, 1.82) is 0 Å². The lowest BCUT2D eigenvalue weighted by Crippen LogP contribution is -2.39. The normalized spacial score (nSPS) is 18.0. The zero-order valence-corrected chi connectivity index (χ0v) is 19.0. The first-order valence-corrected chi connectivity index (χ1v) is 11.4. The van der Waals surface area contributed by atoms with Crippen LogP contribution in [0.2, 0.25) is 0 Å². The third kappa shape index (κ3) is 4.39. The lowest BCUT2D eigenvalue weighted by molar-refractivity contribution is -0.142. The Morgan fingerprint density at radius 1 is 1.03 bits per heavy atom. The average Bonchev–Trinajstić information content (AvgIpc) is 3.53. The second-order valence-electron chi connectivity index (χ2n) is 8.43. The Balaban J connectivity index is 1.50. The molecule has 3 aromatic rings. The van der Waals surface area contributed by atoms with Gasteiger partial charge in [0.25, 0.3) is 0 Å². The predicted molar refractivity (Wildman–Crippen MR) is 126 cm³/mol. The van der Waals surface area contributed by atoms with Crippen LogP contribution in [-0.4, -0.2) is 42.5 Å². The van der Waals surface area contributed by atoms with Gasteiger partial charge in [0.1, 0.15) is 12.6 Å². The number of ether oxygens (including phenoxy) is 4. The second kappa shape index (κ2) is 9.65. The highest BCUT2D eigenvalue weighted by Gasteiger charge is 2.37. The van der Waals surface area contributed by atoms with E-state index in [2.05, 4.69) is 0 Å². The van der Waals surface area contributed by atoms with E-state index < -0.39 is 12.0 Å². The van der Waals surface area contributed by atoms with E-state index in [1.165, 1.54) is 0 Å². The molecule has 0 saturated carbocycles. The van der Waals surface area contributed by atoms with Gasteiger partial charge in [-0.05, 0) is 53.8 Å². The highest BCUT2D eigenvalue weighted by atomic mass is 16.7. The van der Waals surface area contributed by atoms with Gasteiger partial charge < -0.3 is 24.1 Å². The maximum absolute atomic E-state index is 12.0. The van der Waals surface area contributed by atoms with Crippen LogP contribution < -0.4 is 18.9 Å². The molecule has 2 unspecified atom stereocenters. The van der Waals surface area contributed by atoms with Crippen LogP contribution in [0.4, 0.5) is 0 Å². The van der Waals surface area contributed by atoms with Crippen LogP contribution in [0.3, 0.4) is 0 Å². The van der Waals surface area contributed by atoms with E-state index in [1.807, 2.05) is 71.6 Å². The van der Waals surface area contributed by atoms with E-state index in [9.17, 15) is 9.90 Å². The van der Waals surface area contributed by atoms with Crippen molar-refractivity contribution in [2.24, 2.45) is 0 Å². The van der Waals surface area contributed by atoms with Crippen molar-refractivity contribution in [1.82, 2.24) is 4.90 Å². The molecule has 2 heterocycles. The van der Waals surface area contributed by atoms with Crippen LogP contribution in [0, 0.1) is 0 Å². The number of carbonyl (C=O) groups is 1. The Morgan fingerprint density at radius 3 is 2.59 bits per heavy atom. The Bertz CT molecular complexity index is 1170. The van der Waals surface area contributed by atoms with Gasteiger partial charge in [-0.2, -0.15) is 0 Å². The summed E-state index contributed by atoms with van der Waals surface area (Å²) in [5.41, 5.74) is 2.93. The Hall–Kier alpha value is -3.71. The molecule has 0 amide bonds. The molecule has 0 spiro atoms. The van der Waals surface area contributed by atoms with Gasteiger partial charge in [0.15, 0.2) is 23.0 Å². The molecule has 7 nitrogen and oxygen atoms in total. The number of carboxylic acids is 1. The van der Waals surface area contributed by atoms with E-state index >= 15 is 0 Å². The zero-order chi connectivity index (χ0) is 23.5. The summed E-state index contributed by atoms with van der Waals surface area (Å²) in [5.74, 6) is 1.79. The molecule has 5 rings (SSSR count). The van der Waals surface area contributed by atoms with Crippen LogP contribution in [0.5, 0.6) is 23.0 Å². The maximum atomic E-state index is 12.0. The third-order valence-electron chi connectivity index (χ3n) is 6.36. The Labute approximate surface area is 198 Å². The van der Waals surface area contributed by atoms with Crippen molar-refractivity contribution in [2.75, 3.05) is 20.4 Å². The van der Waals surface area contributed by atoms with Gasteiger partial charge in [-0.15, -0.1) is 0 Å². The third-order valence-corrected chi connectivity index (χ3v) is 6.36. The molecule has 0 aliphatic carbocycles. The highest BCUT2D eigenvalue weighted by Crippen LogP contribution is 2.42. The minimum atomic E-state index is -0.807. The highest BCUT2D eigenvalue weighted by molar-refractivity contribution is 5.74. The molecule has 1 N–H and O–H groups in total. The first-order valence-electron chi connectivity index (χ1n) is 11.4. The van der Waals surface area contributed by atoms with Crippen LogP contribution >= 0.6 is 0 Å². The molecule has 3 aromatic carbocycles. The molecule has 0 radical (unpaired) electrons. The van der Waals surface area contributed by atoms with Crippen LogP contribution in [0.1, 0.15) is 35.6 Å². The van der Waals surface area contributed by atoms with Crippen LogP contribution in [-0.2, 0) is 11.4 Å². The minimum Gasteiger partial charge on any atom is -0.493 e. The number of likely N-dealkylation sites (tertiary alicyclic amines) is 1. The molecule has 2 aliphatic rings. The molecular formula is C27H27NO6. The molecule has 0 bridgehead atoms. The number of benzene rings is 3. The smallest absolute Gasteiger partial charge is 0.320 e. The topological polar surface area (TPSA) is 77.5 Å². The van der Waals surface area contributed by atoms with Crippen molar-refractivity contribution in [3.63, 3.8) is 0 Å². The van der Waals surface area contributed by atoms with Crippen molar-refractivity contribution in [3.05, 3.63) is 83.4 Å². The number of hydrogen-bond donors (Lipinski definition) is 1. The summed E-state index contributed by atoms with van der Waals surface area (Å²) < 4.78 is 22.8.